The molecule has 1 aromatic carbocycles. The van der Waals surface area contributed by atoms with Crippen LogP contribution in [-0.4, -0.2) is 18.5 Å². The smallest absolute Gasteiger partial charge is 0.311 e. The van der Waals surface area contributed by atoms with Gasteiger partial charge >= 0.3 is 5.97 Å². The van der Waals surface area contributed by atoms with Gasteiger partial charge in [0, 0.05) is 10.6 Å². The summed E-state index contributed by atoms with van der Waals surface area (Å²) in [6.45, 7) is -0.315. The van der Waals surface area contributed by atoms with E-state index in [4.69, 9.17) is 10.00 Å². The SMILES string of the molecule is N#CCc1ccc(NC(=O)COC(=O)Cc2cccs2)cc1. The molecule has 6 heteroatoms. The Morgan fingerprint density at radius 2 is 2.00 bits per heavy atom. The zero-order valence-electron chi connectivity index (χ0n) is 11.7. The molecule has 1 heterocycles. The molecule has 0 bridgehead atoms. The summed E-state index contributed by atoms with van der Waals surface area (Å²) in [5.74, 6) is -0.825. The molecule has 22 heavy (non-hydrogen) atoms. The zero-order chi connectivity index (χ0) is 15.8. The third-order valence-corrected chi connectivity index (χ3v) is 3.66. The molecule has 2 rings (SSSR count). The number of amides is 1. The number of rotatable bonds is 6. The van der Waals surface area contributed by atoms with Crippen LogP contribution in [0.4, 0.5) is 5.69 Å². The van der Waals surface area contributed by atoms with Crippen LogP contribution in [0.5, 0.6) is 0 Å². The molecule has 0 aliphatic heterocycles. The molecule has 0 fully saturated rings. The summed E-state index contributed by atoms with van der Waals surface area (Å²) in [5, 5.41) is 13.1. The van der Waals surface area contributed by atoms with Crippen LogP contribution in [-0.2, 0) is 27.2 Å². The molecule has 2 aromatic rings. The first-order chi connectivity index (χ1) is 10.7. The quantitative estimate of drug-likeness (QED) is 0.831. The Balaban J connectivity index is 1.75. The predicted octanol–water partition coefficient (Wildman–Crippen LogP) is 2.54. The number of carbonyl (C=O) groups is 2. The van der Waals surface area contributed by atoms with Crippen molar-refractivity contribution >= 4 is 28.9 Å². The Morgan fingerprint density at radius 3 is 2.64 bits per heavy atom. The lowest BCUT2D eigenvalue weighted by molar-refractivity contribution is -0.146. The monoisotopic (exact) mass is 314 g/mol. The van der Waals surface area contributed by atoms with Crippen molar-refractivity contribution < 1.29 is 14.3 Å². The molecule has 0 aliphatic carbocycles. The summed E-state index contributed by atoms with van der Waals surface area (Å²) in [4.78, 5) is 24.2. The number of nitriles is 1. The van der Waals surface area contributed by atoms with E-state index >= 15 is 0 Å². The van der Waals surface area contributed by atoms with Gasteiger partial charge in [0.15, 0.2) is 6.61 Å². The Kier molecular flexibility index (Phi) is 5.69. The van der Waals surface area contributed by atoms with Gasteiger partial charge in [-0.3, -0.25) is 9.59 Å². The number of anilines is 1. The van der Waals surface area contributed by atoms with Gasteiger partial charge in [-0.2, -0.15) is 5.26 Å². The topological polar surface area (TPSA) is 79.2 Å². The van der Waals surface area contributed by atoms with Gasteiger partial charge < -0.3 is 10.1 Å². The molecule has 0 spiro atoms. The van der Waals surface area contributed by atoms with Crippen LogP contribution in [0.1, 0.15) is 10.4 Å². The predicted molar refractivity (Wildman–Crippen MR) is 83.4 cm³/mol. The first-order valence-corrected chi connectivity index (χ1v) is 7.49. The van der Waals surface area contributed by atoms with Gasteiger partial charge in [-0.1, -0.05) is 18.2 Å². The number of nitrogens with zero attached hydrogens (tertiary/aromatic N) is 1. The maximum Gasteiger partial charge on any atom is 0.311 e. The van der Waals surface area contributed by atoms with Crippen molar-refractivity contribution in [1.29, 1.82) is 5.26 Å². The Morgan fingerprint density at radius 1 is 1.23 bits per heavy atom. The highest BCUT2D eigenvalue weighted by atomic mass is 32.1. The molecular weight excluding hydrogens is 300 g/mol. The van der Waals surface area contributed by atoms with Gasteiger partial charge in [-0.25, -0.2) is 0 Å². The van der Waals surface area contributed by atoms with Crippen molar-refractivity contribution in [1.82, 2.24) is 0 Å². The number of carbonyl (C=O) groups excluding carboxylic acids is 2. The van der Waals surface area contributed by atoms with Crippen LogP contribution >= 0.6 is 11.3 Å². The molecule has 0 unspecified atom stereocenters. The van der Waals surface area contributed by atoms with Crippen molar-refractivity contribution in [2.75, 3.05) is 11.9 Å². The first-order valence-electron chi connectivity index (χ1n) is 6.61. The van der Waals surface area contributed by atoms with Gasteiger partial charge in [0.2, 0.25) is 0 Å². The average Bonchev–Trinajstić information content (AvgIpc) is 3.00. The normalized spacial score (nSPS) is 9.77. The van der Waals surface area contributed by atoms with E-state index in [1.807, 2.05) is 17.5 Å². The summed E-state index contributed by atoms with van der Waals surface area (Å²) in [5.41, 5.74) is 1.48. The number of thiophene rings is 1. The van der Waals surface area contributed by atoms with Gasteiger partial charge in [-0.15, -0.1) is 11.3 Å². The van der Waals surface area contributed by atoms with E-state index in [9.17, 15) is 9.59 Å². The lowest BCUT2D eigenvalue weighted by Gasteiger charge is -2.06. The minimum Gasteiger partial charge on any atom is -0.455 e. The molecule has 0 saturated heterocycles. The molecular formula is C16H14N2O3S. The van der Waals surface area contributed by atoms with Crippen molar-refractivity contribution in [3.63, 3.8) is 0 Å². The minimum absolute atomic E-state index is 0.174. The van der Waals surface area contributed by atoms with Gasteiger partial charge in [-0.05, 0) is 29.1 Å². The fraction of sp³-hybridized carbons (Fsp3) is 0.188. The fourth-order valence-electron chi connectivity index (χ4n) is 1.75. The van der Waals surface area contributed by atoms with Crippen LogP contribution < -0.4 is 5.32 Å². The molecule has 1 N–H and O–H groups in total. The zero-order valence-corrected chi connectivity index (χ0v) is 12.6. The summed E-state index contributed by atoms with van der Waals surface area (Å²) in [6.07, 6.45) is 0.502. The standard InChI is InChI=1S/C16H14N2O3S/c17-8-7-12-3-5-13(6-4-12)18-15(19)11-21-16(20)10-14-2-1-9-22-14/h1-6,9H,7,10-11H2,(H,18,19). The van der Waals surface area contributed by atoms with E-state index in [1.54, 1.807) is 24.3 Å². The number of hydrogen-bond acceptors (Lipinski definition) is 5. The van der Waals surface area contributed by atoms with Crippen molar-refractivity contribution in [2.24, 2.45) is 0 Å². The van der Waals surface area contributed by atoms with Crippen LogP contribution in [0.25, 0.3) is 0 Å². The van der Waals surface area contributed by atoms with E-state index in [-0.39, 0.29) is 13.0 Å². The minimum atomic E-state index is -0.429. The Bertz CT molecular complexity index is 672. The number of hydrogen-bond donors (Lipinski definition) is 1. The highest BCUT2D eigenvalue weighted by Crippen LogP contribution is 2.11. The lowest BCUT2D eigenvalue weighted by Crippen LogP contribution is -2.21. The largest absolute Gasteiger partial charge is 0.455 e. The van der Waals surface area contributed by atoms with Crippen LogP contribution in [0.3, 0.4) is 0 Å². The second-order valence-corrected chi connectivity index (χ2v) is 5.53. The second kappa shape index (κ2) is 7.96. The van der Waals surface area contributed by atoms with E-state index in [0.29, 0.717) is 12.1 Å². The number of benzene rings is 1. The molecule has 5 nitrogen and oxygen atoms in total. The molecule has 0 radical (unpaired) electrons. The Labute approximate surface area is 132 Å². The highest BCUT2D eigenvalue weighted by molar-refractivity contribution is 7.10. The lowest BCUT2D eigenvalue weighted by atomic mass is 10.1. The molecule has 0 saturated carbocycles. The third kappa shape index (κ3) is 5.04. The number of esters is 1. The number of nitrogens with one attached hydrogen (secondary N) is 1. The first kappa shape index (κ1) is 15.7. The summed E-state index contributed by atoms with van der Waals surface area (Å²) < 4.78 is 4.92. The fourth-order valence-corrected chi connectivity index (χ4v) is 2.44. The highest BCUT2D eigenvalue weighted by Gasteiger charge is 2.09. The van der Waals surface area contributed by atoms with Crippen LogP contribution in [0, 0.1) is 11.3 Å². The van der Waals surface area contributed by atoms with Crippen LogP contribution in [0.2, 0.25) is 0 Å². The molecule has 0 aliphatic rings. The maximum atomic E-state index is 11.7. The third-order valence-electron chi connectivity index (χ3n) is 2.78. The number of ether oxygens (including phenoxy) is 1. The second-order valence-electron chi connectivity index (χ2n) is 4.50. The summed E-state index contributed by atoms with van der Waals surface area (Å²) in [7, 11) is 0. The summed E-state index contributed by atoms with van der Waals surface area (Å²) >= 11 is 1.47. The van der Waals surface area contributed by atoms with Gasteiger partial charge in [0.25, 0.3) is 5.91 Å². The van der Waals surface area contributed by atoms with Crippen molar-refractivity contribution in [3.05, 3.63) is 52.2 Å². The van der Waals surface area contributed by atoms with Crippen molar-refractivity contribution in [2.45, 2.75) is 12.8 Å². The van der Waals surface area contributed by atoms with E-state index in [0.717, 1.165) is 10.4 Å². The van der Waals surface area contributed by atoms with Gasteiger partial charge in [0.05, 0.1) is 18.9 Å². The molecule has 0 atom stereocenters. The molecule has 1 amide bonds. The van der Waals surface area contributed by atoms with Crippen molar-refractivity contribution in [3.8, 4) is 6.07 Å². The van der Waals surface area contributed by atoms with Crippen LogP contribution in [0.15, 0.2) is 41.8 Å². The van der Waals surface area contributed by atoms with Gasteiger partial charge in [0.1, 0.15) is 0 Å². The van der Waals surface area contributed by atoms with E-state index in [1.165, 1.54) is 11.3 Å². The van der Waals surface area contributed by atoms with E-state index in [2.05, 4.69) is 11.4 Å². The average molecular weight is 314 g/mol. The summed E-state index contributed by atoms with van der Waals surface area (Å²) in [6, 6.07) is 12.7. The molecule has 112 valence electrons. The molecule has 1 aromatic heterocycles. The maximum absolute atomic E-state index is 11.7. The van der Waals surface area contributed by atoms with E-state index < -0.39 is 11.9 Å². The Hall–Kier alpha value is -2.65.